The normalized spacial score (nSPS) is 12.7. The predicted octanol–water partition coefficient (Wildman–Crippen LogP) is 1.29. The number of imidazole rings is 1. The minimum atomic E-state index is -0.812. The summed E-state index contributed by atoms with van der Waals surface area (Å²) in [5.41, 5.74) is 1.42. The number of rotatable bonds is 8. The van der Waals surface area contributed by atoms with Gasteiger partial charge in [0.15, 0.2) is 5.65 Å². The molecule has 8 heteroatoms. The zero-order chi connectivity index (χ0) is 14.4. The molecule has 2 aromatic rings. The number of carbonyl (C=O) groups is 1. The van der Waals surface area contributed by atoms with Gasteiger partial charge in [-0.1, -0.05) is 6.92 Å². The Kier molecular flexibility index (Phi) is 5.31. The summed E-state index contributed by atoms with van der Waals surface area (Å²) in [5, 5.41) is 12.9. The fourth-order valence-corrected chi connectivity index (χ4v) is 2.72. The highest BCUT2D eigenvalue weighted by molar-refractivity contribution is 7.99. The molecular formula is C12H17N5O2S. The highest BCUT2D eigenvalue weighted by Crippen LogP contribution is 2.22. The van der Waals surface area contributed by atoms with Crippen LogP contribution < -0.4 is 5.32 Å². The number of hydrogen-bond acceptors (Lipinski definition) is 6. The quantitative estimate of drug-likeness (QED) is 0.498. The topological polar surface area (TPSA) is 104 Å². The lowest BCUT2D eigenvalue weighted by Crippen LogP contribution is -2.37. The van der Waals surface area contributed by atoms with Gasteiger partial charge in [-0.3, -0.25) is 4.79 Å². The van der Waals surface area contributed by atoms with Crippen LogP contribution in [0.1, 0.15) is 19.8 Å². The van der Waals surface area contributed by atoms with Crippen LogP contribution >= 0.6 is 11.8 Å². The number of carboxylic acid groups (broad SMARTS) is 1. The first-order chi connectivity index (χ1) is 9.72. The van der Waals surface area contributed by atoms with Crippen molar-refractivity contribution in [3.05, 3.63) is 12.7 Å². The molecule has 0 bridgehead atoms. The molecule has 0 aliphatic carbocycles. The van der Waals surface area contributed by atoms with E-state index >= 15 is 0 Å². The van der Waals surface area contributed by atoms with Crippen molar-refractivity contribution in [3.63, 3.8) is 0 Å². The molecule has 3 N–H and O–H groups in total. The molecule has 0 saturated heterocycles. The summed E-state index contributed by atoms with van der Waals surface area (Å²) in [5.74, 6) is -0.146. The summed E-state index contributed by atoms with van der Waals surface area (Å²) in [7, 11) is 0. The van der Waals surface area contributed by atoms with Crippen LogP contribution in [-0.4, -0.2) is 49.4 Å². The third-order valence-electron chi connectivity index (χ3n) is 2.77. The molecular weight excluding hydrogens is 278 g/mol. The van der Waals surface area contributed by atoms with Gasteiger partial charge in [0, 0.05) is 5.75 Å². The zero-order valence-electron chi connectivity index (χ0n) is 11.2. The van der Waals surface area contributed by atoms with Gasteiger partial charge in [-0.05, 0) is 19.4 Å². The summed E-state index contributed by atoms with van der Waals surface area (Å²) >= 11 is 1.51. The van der Waals surface area contributed by atoms with Gasteiger partial charge in [0.05, 0.1) is 6.33 Å². The second kappa shape index (κ2) is 7.20. The first kappa shape index (κ1) is 14.7. The molecule has 0 saturated carbocycles. The fourth-order valence-electron chi connectivity index (χ4n) is 1.76. The fraction of sp³-hybridized carbons (Fsp3) is 0.500. The van der Waals surface area contributed by atoms with E-state index in [9.17, 15) is 4.79 Å². The van der Waals surface area contributed by atoms with E-state index in [-0.39, 0.29) is 0 Å². The van der Waals surface area contributed by atoms with Crippen molar-refractivity contribution >= 4 is 28.9 Å². The third kappa shape index (κ3) is 3.67. The highest BCUT2D eigenvalue weighted by Gasteiger charge is 2.16. The van der Waals surface area contributed by atoms with Crippen LogP contribution in [0.2, 0.25) is 0 Å². The molecule has 1 atom stereocenters. The number of aromatic nitrogens is 4. The Morgan fingerprint density at radius 1 is 1.50 bits per heavy atom. The summed E-state index contributed by atoms with van der Waals surface area (Å²) in [6.07, 6.45) is 4.50. The number of aliphatic carboxylic acids is 1. The van der Waals surface area contributed by atoms with Crippen molar-refractivity contribution in [1.29, 1.82) is 0 Å². The van der Waals surface area contributed by atoms with E-state index in [2.05, 4.69) is 25.3 Å². The molecule has 0 radical (unpaired) electrons. The zero-order valence-corrected chi connectivity index (χ0v) is 12.0. The minimum absolute atomic E-state index is 0.512. The van der Waals surface area contributed by atoms with E-state index in [1.165, 1.54) is 18.1 Å². The number of carboxylic acids is 1. The van der Waals surface area contributed by atoms with Gasteiger partial charge < -0.3 is 15.4 Å². The highest BCUT2D eigenvalue weighted by atomic mass is 32.2. The predicted molar refractivity (Wildman–Crippen MR) is 76.7 cm³/mol. The lowest BCUT2D eigenvalue weighted by molar-refractivity contribution is -0.139. The van der Waals surface area contributed by atoms with E-state index in [4.69, 9.17) is 5.11 Å². The number of thioether (sulfide) groups is 1. The number of nitrogens with one attached hydrogen (secondary N) is 2. The van der Waals surface area contributed by atoms with Crippen molar-refractivity contribution in [2.45, 2.75) is 30.8 Å². The summed E-state index contributed by atoms with van der Waals surface area (Å²) < 4.78 is 0. The molecule has 0 aliphatic heterocycles. The largest absolute Gasteiger partial charge is 0.480 e. The van der Waals surface area contributed by atoms with Crippen molar-refractivity contribution < 1.29 is 9.90 Å². The molecule has 0 amide bonds. The molecule has 108 valence electrons. The van der Waals surface area contributed by atoms with E-state index in [0.717, 1.165) is 17.0 Å². The van der Waals surface area contributed by atoms with Crippen LogP contribution in [0.25, 0.3) is 11.2 Å². The molecule has 2 rings (SSSR count). The van der Waals surface area contributed by atoms with E-state index in [1.54, 1.807) is 6.33 Å². The van der Waals surface area contributed by atoms with Crippen LogP contribution in [0.5, 0.6) is 0 Å². The van der Waals surface area contributed by atoms with Crippen LogP contribution in [-0.2, 0) is 4.79 Å². The maximum atomic E-state index is 11.1. The summed E-state index contributed by atoms with van der Waals surface area (Å²) in [6, 6.07) is -0.512. The van der Waals surface area contributed by atoms with Crippen molar-refractivity contribution in [3.8, 4) is 0 Å². The lowest BCUT2D eigenvalue weighted by atomic mass is 10.2. The third-order valence-corrected chi connectivity index (χ3v) is 3.80. The number of aromatic amines is 1. The molecule has 2 heterocycles. The molecule has 1 unspecified atom stereocenters. The van der Waals surface area contributed by atoms with Crippen molar-refractivity contribution in [2.24, 2.45) is 0 Å². The average Bonchev–Trinajstić information content (AvgIpc) is 2.91. The van der Waals surface area contributed by atoms with Gasteiger partial charge in [0.1, 0.15) is 22.9 Å². The number of fused-ring (bicyclic) bond motifs is 1. The molecule has 0 spiro atoms. The van der Waals surface area contributed by atoms with Crippen LogP contribution in [0.3, 0.4) is 0 Å². The second-order valence-corrected chi connectivity index (χ2v) is 5.35. The Labute approximate surface area is 120 Å². The molecule has 7 nitrogen and oxygen atoms in total. The maximum Gasteiger partial charge on any atom is 0.320 e. The molecule has 20 heavy (non-hydrogen) atoms. The minimum Gasteiger partial charge on any atom is -0.480 e. The molecule has 2 aromatic heterocycles. The monoisotopic (exact) mass is 295 g/mol. The van der Waals surface area contributed by atoms with Crippen LogP contribution in [0.15, 0.2) is 17.7 Å². The van der Waals surface area contributed by atoms with Crippen LogP contribution in [0.4, 0.5) is 0 Å². The van der Waals surface area contributed by atoms with E-state index in [0.29, 0.717) is 24.4 Å². The number of hydrogen-bond donors (Lipinski definition) is 3. The molecule has 0 aliphatic rings. The Morgan fingerprint density at radius 3 is 3.10 bits per heavy atom. The van der Waals surface area contributed by atoms with Gasteiger partial charge in [-0.15, -0.1) is 11.8 Å². The first-order valence-electron chi connectivity index (χ1n) is 6.45. The van der Waals surface area contributed by atoms with Gasteiger partial charge in [0.25, 0.3) is 0 Å². The van der Waals surface area contributed by atoms with E-state index < -0.39 is 12.0 Å². The molecule has 0 aromatic carbocycles. The lowest BCUT2D eigenvalue weighted by Gasteiger charge is -2.13. The Morgan fingerprint density at radius 2 is 2.35 bits per heavy atom. The SMILES string of the molecule is CCCNC(CCSc1ncnc2nc[nH]c12)C(=O)O. The maximum absolute atomic E-state index is 11.1. The number of H-pyrrole nitrogens is 1. The van der Waals surface area contributed by atoms with Crippen molar-refractivity contribution in [2.75, 3.05) is 12.3 Å². The Hall–Kier alpha value is -1.67. The molecule has 0 fully saturated rings. The Balaban J connectivity index is 1.91. The van der Waals surface area contributed by atoms with E-state index in [1.807, 2.05) is 6.92 Å². The standard InChI is InChI=1S/C12H17N5O2S/c1-2-4-13-8(12(18)19)3-5-20-11-9-10(15-6-14-9)16-7-17-11/h6-8,13H,2-5H2,1H3,(H,18,19)(H,14,15,16,17). The summed E-state index contributed by atoms with van der Waals surface area (Å²) in [6.45, 7) is 2.72. The Bertz CT molecular complexity index is 574. The first-order valence-corrected chi connectivity index (χ1v) is 7.44. The average molecular weight is 295 g/mol. The number of nitrogens with zero attached hydrogens (tertiary/aromatic N) is 3. The smallest absolute Gasteiger partial charge is 0.320 e. The van der Waals surface area contributed by atoms with Crippen molar-refractivity contribution in [1.82, 2.24) is 25.3 Å². The summed E-state index contributed by atoms with van der Waals surface area (Å²) in [4.78, 5) is 26.4. The van der Waals surface area contributed by atoms with Gasteiger partial charge in [-0.25, -0.2) is 15.0 Å². The van der Waals surface area contributed by atoms with Crippen LogP contribution in [0, 0.1) is 0 Å². The van der Waals surface area contributed by atoms with Gasteiger partial charge in [-0.2, -0.15) is 0 Å². The van der Waals surface area contributed by atoms with Gasteiger partial charge >= 0.3 is 5.97 Å². The van der Waals surface area contributed by atoms with Gasteiger partial charge in [0.2, 0.25) is 0 Å². The second-order valence-electron chi connectivity index (χ2n) is 4.26.